The Labute approximate surface area is 115 Å². The number of nitro groups is 1. The number of aromatic nitrogens is 2. The Kier molecular flexibility index (Phi) is 3.96. The van der Waals surface area contributed by atoms with Crippen LogP contribution in [0, 0.1) is 21.4 Å². The molecule has 20 heavy (non-hydrogen) atoms. The van der Waals surface area contributed by atoms with Crippen molar-refractivity contribution in [2.24, 2.45) is 7.05 Å². The number of imidazole rings is 1. The smallest absolute Gasteiger partial charge is 0.293 e. The van der Waals surface area contributed by atoms with Crippen LogP contribution in [0.2, 0.25) is 0 Å². The highest BCUT2D eigenvalue weighted by atomic mass is 16.6. The quantitative estimate of drug-likeness (QED) is 0.661. The molecule has 1 N–H and O–H groups in total. The third-order valence-corrected chi connectivity index (χ3v) is 2.91. The first-order valence-electron chi connectivity index (χ1n) is 6.00. The van der Waals surface area contributed by atoms with Gasteiger partial charge in [-0.2, -0.15) is 5.26 Å². The predicted octanol–water partition coefficient (Wildman–Crippen LogP) is 1.85. The van der Waals surface area contributed by atoms with Crippen LogP contribution in [0.25, 0.3) is 0 Å². The zero-order valence-corrected chi connectivity index (χ0v) is 10.9. The van der Waals surface area contributed by atoms with Gasteiger partial charge in [0.25, 0.3) is 5.69 Å². The first-order valence-corrected chi connectivity index (χ1v) is 6.00. The number of nitrogens with zero attached hydrogens (tertiary/aromatic N) is 4. The van der Waals surface area contributed by atoms with Crippen molar-refractivity contribution < 1.29 is 4.92 Å². The normalized spacial score (nSPS) is 10.0. The van der Waals surface area contributed by atoms with Gasteiger partial charge in [-0.25, -0.2) is 4.98 Å². The average Bonchev–Trinajstić information content (AvgIpc) is 2.84. The van der Waals surface area contributed by atoms with Crippen LogP contribution in [0.5, 0.6) is 0 Å². The zero-order chi connectivity index (χ0) is 14.5. The molecule has 1 aromatic heterocycles. The molecule has 0 aliphatic rings. The van der Waals surface area contributed by atoms with Crippen molar-refractivity contribution in [1.29, 1.82) is 5.26 Å². The van der Waals surface area contributed by atoms with Gasteiger partial charge in [0.1, 0.15) is 11.5 Å². The van der Waals surface area contributed by atoms with Crippen molar-refractivity contribution >= 4 is 11.4 Å². The van der Waals surface area contributed by atoms with Gasteiger partial charge in [-0.15, -0.1) is 0 Å². The molecule has 0 radical (unpaired) electrons. The molecule has 2 aromatic rings. The summed E-state index contributed by atoms with van der Waals surface area (Å²) in [6.07, 6.45) is 4.21. The molecule has 0 saturated carbocycles. The van der Waals surface area contributed by atoms with E-state index in [1.807, 2.05) is 23.9 Å². The van der Waals surface area contributed by atoms with Crippen molar-refractivity contribution in [2.75, 3.05) is 11.9 Å². The Morgan fingerprint density at radius 1 is 1.55 bits per heavy atom. The number of nitro benzene ring substituents is 1. The molecule has 0 atom stereocenters. The van der Waals surface area contributed by atoms with E-state index in [0.717, 1.165) is 5.82 Å². The van der Waals surface area contributed by atoms with Gasteiger partial charge in [0, 0.05) is 38.5 Å². The molecule has 0 unspecified atom stereocenters. The minimum absolute atomic E-state index is 0.0936. The van der Waals surface area contributed by atoms with Gasteiger partial charge in [-0.05, 0) is 12.1 Å². The first-order chi connectivity index (χ1) is 9.61. The molecule has 0 aliphatic heterocycles. The molecule has 2 rings (SSSR count). The third kappa shape index (κ3) is 2.92. The van der Waals surface area contributed by atoms with Gasteiger partial charge in [0.2, 0.25) is 0 Å². The fourth-order valence-corrected chi connectivity index (χ4v) is 1.85. The molecule has 0 spiro atoms. The number of hydrogen-bond acceptors (Lipinski definition) is 5. The number of anilines is 1. The summed E-state index contributed by atoms with van der Waals surface area (Å²) < 4.78 is 1.90. The van der Waals surface area contributed by atoms with E-state index < -0.39 is 4.92 Å². The van der Waals surface area contributed by atoms with E-state index >= 15 is 0 Å². The lowest BCUT2D eigenvalue weighted by molar-refractivity contribution is -0.384. The highest BCUT2D eigenvalue weighted by molar-refractivity contribution is 5.64. The van der Waals surface area contributed by atoms with E-state index in [0.29, 0.717) is 18.7 Å². The number of aryl methyl sites for hydroxylation is 1. The van der Waals surface area contributed by atoms with Crippen molar-refractivity contribution in [3.63, 3.8) is 0 Å². The molecule has 102 valence electrons. The van der Waals surface area contributed by atoms with Gasteiger partial charge in [0.05, 0.1) is 16.6 Å². The van der Waals surface area contributed by atoms with E-state index in [1.54, 1.807) is 18.3 Å². The van der Waals surface area contributed by atoms with Crippen molar-refractivity contribution in [2.45, 2.75) is 6.42 Å². The van der Waals surface area contributed by atoms with Crippen LogP contribution in [0.1, 0.15) is 11.4 Å². The highest BCUT2D eigenvalue weighted by Gasteiger charge is 2.14. The lowest BCUT2D eigenvalue weighted by Crippen LogP contribution is -2.09. The summed E-state index contributed by atoms with van der Waals surface area (Å²) >= 11 is 0. The maximum Gasteiger partial charge on any atom is 0.293 e. The van der Waals surface area contributed by atoms with Crippen LogP contribution in [0.4, 0.5) is 11.4 Å². The average molecular weight is 271 g/mol. The monoisotopic (exact) mass is 271 g/mol. The first kappa shape index (κ1) is 13.5. The van der Waals surface area contributed by atoms with Crippen LogP contribution in [-0.4, -0.2) is 21.0 Å². The van der Waals surface area contributed by atoms with Crippen molar-refractivity contribution in [3.05, 3.63) is 52.1 Å². The van der Waals surface area contributed by atoms with Gasteiger partial charge >= 0.3 is 0 Å². The van der Waals surface area contributed by atoms with Crippen LogP contribution in [-0.2, 0) is 13.5 Å². The maximum absolute atomic E-state index is 11.0. The molecule has 7 heteroatoms. The van der Waals surface area contributed by atoms with Gasteiger partial charge in [-0.1, -0.05) is 0 Å². The molecule has 1 aromatic carbocycles. The van der Waals surface area contributed by atoms with E-state index in [1.165, 1.54) is 6.07 Å². The fraction of sp³-hybridized carbons (Fsp3) is 0.231. The number of rotatable bonds is 5. The van der Waals surface area contributed by atoms with Crippen LogP contribution < -0.4 is 5.32 Å². The number of hydrogen-bond donors (Lipinski definition) is 1. The van der Waals surface area contributed by atoms with Gasteiger partial charge in [0.15, 0.2) is 0 Å². The largest absolute Gasteiger partial charge is 0.379 e. The Balaban J connectivity index is 2.08. The molecule has 0 saturated heterocycles. The van der Waals surface area contributed by atoms with Crippen LogP contribution in [0.3, 0.4) is 0 Å². The summed E-state index contributed by atoms with van der Waals surface area (Å²) in [6, 6.07) is 6.26. The summed E-state index contributed by atoms with van der Waals surface area (Å²) in [6.45, 7) is 0.525. The van der Waals surface area contributed by atoms with Crippen LogP contribution in [0.15, 0.2) is 30.6 Å². The van der Waals surface area contributed by atoms with E-state index in [2.05, 4.69) is 10.3 Å². The lowest BCUT2D eigenvalue weighted by atomic mass is 10.2. The molecule has 0 bridgehead atoms. The molecule has 0 aliphatic carbocycles. The second kappa shape index (κ2) is 5.84. The maximum atomic E-state index is 11.0. The van der Waals surface area contributed by atoms with Gasteiger partial charge in [-0.3, -0.25) is 10.1 Å². The van der Waals surface area contributed by atoms with E-state index in [9.17, 15) is 10.1 Å². The lowest BCUT2D eigenvalue weighted by Gasteiger charge is -2.07. The topological polar surface area (TPSA) is 96.8 Å². The summed E-state index contributed by atoms with van der Waals surface area (Å²) in [7, 11) is 1.90. The minimum Gasteiger partial charge on any atom is -0.379 e. The second-order valence-electron chi connectivity index (χ2n) is 4.23. The van der Waals surface area contributed by atoms with Gasteiger partial charge < -0.3 is 9.88 Å². The molecule has 0 amide bonds. The SMILES string of the molecule is Cn1ccnc1CCNc1ccc(C#N)cc1[N+](=O)[O-]. The molecular weight excluding hydrogens is 258 g/mol. The Morgan fingerprint density at radius 2 is 2.35 bits per heavy atom. The Bertz CT molecular complexity index is 672. The number of nitriles is 1. The Hall–Kier alpha value is -2.88. The van der Waals surface area contributed by atoms with Crippen molar-refractivity contribution in [1.82, 2.24) is 9.55 Å². The molecule has 7 nitrogen and oxygen atoms in total. The van der Waals surface area contributed by atoms with Crippen LogP contribution >= 0.6 is 0 Å². The number of benzene rings is 1. The van der Waals surface area contributed by atoms with Crippen molar-refractivity contribution in [3.8, 4) is 6.07 Å². The summed E-state index contributed by atoms with van der Waals surface area (Å²) in [5.74, 6) is 0.897. The van der Waals surface area contributed by atoms with E-state index in [4.69, 9.17) is 5.26 Å². The summed E-state index contributed by atoms with van der Waals surface area (Å²) in [5.41, 5.74) is 0.582. The fourth-order valence-electron chi connectivity index (χ4n) is 1.85. The number of nitrogens with one attached hydrogen (secondary N) is 1. The minimum atomic E-state index is -0.496. The van der Waals surface area contributed by atoms with E-state index in [-0.39, 0.29) is 11.3 Å². The molecular formula is C13H13N5O2. The zero-order valence-electron chi connectivity index (χ0n) is 10.9. The summed E-state index contributed by atoms with van der Waals surface area (Å²) in [5, 5.41) is 22.7. The summed E-state index contributed by atoms with van der Waals surface area (Å²) in [4.78, 5) is 14.7. The predicted molar refractivity (Wildman–Crippen MR) is 73.2 cm³/mol. The third-order valence-electron chi connectivity index (χ3n) is 2.91. The molecule has 0 fully saturated rings. The Morgan fingerprint density at radius 3 is 2.95 bits per heavy atom. The second-order valence-corrected chi connectivity index (χ2v) is 4.23. The highest BCUT2D eigenvalue weighted by Crippen LogP contribution is 2.25. The standard InChI is InChI=1S/C13H13N5O2/c1-17-7-6-16-13(17)4-5-15-11-3-2-10(9-14)8-12(11)18(19)20/h2-3,6-8,15H,4-5H2,1H3. The molecule has 1 heterocycles.